The molecule has 0 N–H and O–H groups in total. The number of aryl methyl sites for hydroxylation is 1. The monoisotopic (exact) mass is 318 g/mol. The summed E-state index contributed by atoms with van der Waals surface area (Å²) in [6.07, 6.45) is 6.70. The summed E-state index contributed by atoms with van der Waals surface area (Å²) in [5.41, 5.74) is 6.99. The average molecular weight is 318 g/mol. The third-order valence-electron chi connectivity index (χ3n) is 5.69. The summed E-state index contributed by atoms with van der Waals surface area (Å²) in [5, 5.41) is 1.45. The van der Waals surface area contributed by atoms with Crippen LogP contribution in [0.15, 0.2) is 36.8 Å². The van der Waals surface area contributed by atoms with E-state index in [1.807, 2.05) is 12.4 Å². The predicted octanol–water partition coefficient (Wildman–Crippen LogP) is 3.46. The Morgan fingerprint density at radius 1 is 1.12 bits per heavy atom. The van der Waals surface area contributed by atoms with Crippen molar-refractivity contribution in [2.75, 3.05) is 13.6 Å². The number of likely N-dealkylation sites (N-methyl/N-ethyl adjacent to an activating group) is 1. The minimum absolute atomic E-state index is 0.451. The van der Waals surface area contributed by atoms with Gasteiger partial charge in [0, 0.05) is 66.7 Å². The molecule has 0 saturated carbocycles. The van der Waals surface area contributed by atoms with Crippen LogP contribution in [0.4, 0.5) is 0 Å². The molecule has 0 amide bonds. The van der Waals surface area contributed by atoms with E-state index < -0.39 is 0 Å². The SMILES string of the molecule is Cc1ccc2c(c1)c1c3n2CC(c2cnccn2)CC3CN(C)C1. The highest BCUT2D eigenvalue weighted by molar-refractivity contribution is 5.87. The third-order valence-corrected chi connectivity index (χ3v) is 5.69. The van der Waals surface area contributed by atoms with Crippen molar-refractivity contribution in [3.05, 3.63) is 59.3 Å². The molecule has 2 unspecified atom stereocenters. The molecule has 3 aromatic rings. The van der Waals surface area contributed by atoms with Crippen LogP contribution >= 0.6 is 0 Å². The number of hydrogen-bond acceptors (Lipinski definition) is 3. The van der Waals surface area contributed by atoms with Gasteiger partial charge in [-0.25, -0.2) is 0 Å². The number of rotatable bonds is 1. The summed E-state index contributed by atoms with van der Waals surface area (Å²) >= 11 is 0. The number of fused-ring (bicyclic) bond motifs is 3. The number of nitrogens with zero attached hydrogens (tertiary/aromatic N) is 4. The van der Waals surface area contributed by atoms with Crippen LogP contribution in [0.25, 0.3) is 10.9 Å². The summed E-state index contributed by atoms with van der Waals surface area (Å²) < 4.78 is 2.57. The fraction of sp³-hybridized carbons (Fsp3) is 0.400. The first kappa shape index (κ1) is 14.2. The first-order valence-electron chi connectivity index (χ1n) is 8.77. The molecule has 2 aromatic heterocycles. The Morgan fingerprint density at radius 3 is 2.88 bits per heavy atom. The second-order valence-electron chi connectivity index (χ2n) is 7.45. The van der Waals surface area contributed by atoms with Crippen molar-refractivity contribution in [2.24, 2.45) is 0 Å². The maximum Gasteiger partial charge on any atom is 0.0635 e. The fourth-order valence-electron chi connectivity index (χ4n) is 4.74. The number of aromatic nitrogens is 3. The molecular formula is C20H22N4. The van der Waals surface area contributed by atoms with E-state index in [-0.39, 0.29) is 0 Å². The minimum atomic E-state index is 0.451. The van der Waals surface area contributed by atoms with E-state index in [1.54, 1.807) is 17.5 Å². The lowest BCUT2D eigenvalue weighted by molar-refractivity contribution is 0.243. The normalized spacial score (nSPS) is 23.4. The van der Waals surface area contributed by atoms with Crippen LogP contribution in [-0.4, -0.2) is 33.0 Å². The Morgan fingerprint density at radius 2 is 2.04 bits per heavy atom. The maximum absolute atomic E-state index is 4.59. The molecule has 24 heavy (non-hydrogen) atoms. The van der Waals surface area contributed by atoms with Crippen molar-refractivity contribution < 1.29 is 0 Å². The second kappa shape index (κ2) is 5.15. The molecule has 0 fully saturated rings. The van der Waals surface area contributed by atoms with Gasteiger partial charge in [-0.15, -0.1) is 0 Å². The highest BCUT2D eigenvalue weighted by Gasteiger charge is 2.36. The number of benzene rings is 1. The van der Waals surface area contributed by atoms with Crippen LogP contribution in [-0.2, 0) is 13.1 Å². The van der Waals surface area contributed by atoms with Crippen molar-refractivity contribution in [1.82, 2.24) is 19.4 Å². The zero-order valence-corrected chi connectivity index (χ0v) is 14.2. The van der Waals surface area contributed by atoms with Crippen LogP contribution in [0.1, 0.15) is 40.8 Å². The van der Waals surface area contributed by atoms with E-state index in [0.717, 1.165) is 25.3 Å². The lowest BCUT2D eigenvalue weighted by atomic mass is 9.83. The molecule has 1 aromatic carbocycles. The number of hydrogen-bond donors (Lipinski definition) is 0. The first-order chi connectivity index (χ1) is 11.7. The van der Waals surface area contributed by atoms with Crippen LogP contribution < -0.4 is 0 Å². The van der Waals surface area contributed by atoms with Gasteiger partial charge >= 0.3 is 0 Å². The molecule has 4 heteroatoms. The molecule has 2 aliphatic heterocycles. The summed E-state index contributed by atoms with van der Waals surface area (Å²) in [5.74, 6) is 1.04. The third kappa shape index (κ3) is 2.02. The van der Waals surface area contributed by atoms with Crippen molar-refractivity contribution in [2.45, 2.75) is 38.3 Å². The van der Waals surface area contributed by atoms with Crippen LogP contribution in [0, 0.1) is 6.92 Å². The van der Waals surface area contributed by atoms with Crippen LogP contribution in [0.2, 0.25) is 0 Å². The Bertz CT molecular complexity index is 912. The van der Waals surface area contributed by atoms with Crippen LogP contribution in [0.5, 0.6) is 0 Å². The lowest BCUT2D eigenvalue weighted by Gasteiger charge is -2.38. The Hall–Kier alpha value is -2.20. The zero-order valence-electron chi connectivity index (χ0n) is 14.2. The summed E-state index contributed by atoms with van der Waals surface area (Å²) in [7, 11) is 2.24. The van der Waals surface area contributed by atoms with Gasteiger partial charge in [-0.1, -0.05) is 11.6 Å². The molecule has 4 heterocycles. The van der Waals surface area contributed by atoms with Gasteiger partial charge in [0.2, 0.25) is 0 Å². The molecule has 2 atom stereocenters. The van der Waals surface area contributed by atoms with Gasteiger partial charge in [0.1, 0.15) is 0 Å². The quantitative estimate of drug-likeness (QED) is 0.689. The molecule has 122 valence electrons. The van der Waals surface area contributed by atoms with E-state index in [0.29, 0.717) is 11.8 Å². The standard InChI is InChI=1S/C20H22N4/c1-13-3-4-19-16(7-13)17-12-23(2)10-15-8-14(11-24(19)20(15)17)18-9-21-5-6-22-18/h3-7,9,14-15H,8,10-12H2,1-2H3. The molecule has 0 saturated heterocycles. The van der Waals surface area contributed by atoms with Gasteiger partial charge < -0.3 is 9.47 Å². The lowest BCUT2D eigenvalue weighted by Crippen LogP contribution is -2.35. The summed E-state index contributed by atoms with van der Waals surface area (Å²) in [6.45, 7) is 5.41. The molecule has 4 nitrogen and oxygen atoms in total. The second-order valence-corrected chi connectivity index (χ2v) is 7.45. The van der Waals surface area contributed by atoms with Gasteiger partial charge in [-0.05, 0) is 38.1 Å². The van der Waals surface area contributed by atoms with Gasteiger partial charge in [0.15, 0.2) is 0 Å². The van der Waals surface area contributed by atoms with E-state index in [4.69, 9.17) is 0 Å². The summed E-state index contributed by atoms with van der Waals surface area (Å²) in [4.78, 5) is 11.4. The topological polar surface area (TPSA) is 34.0 Å². The summed E-state index contributed by atoms with van der Waals surface area (Å²) in [6, 6.07) is 6.91. The fourth-order valence-corrected chi connectivity index (χ4v) is 4.74. The zero-order chi connectivity index (χ0) is 16.3. The van der Waals surface area contributed by atoms with Gasteiger partial charge in [0.25, 0.3) is 0 Å². The maximum atomic E-state index is 4.59. The molecule has 0 radical (unpaired) electrons. The first-order valence-corrected chi connectivity index (χ1v) is 8.77. The van der Waals surface area contributed by atoms with E-state index in [9.17, 15) is 0 Å². The minimum Gasteiger partial charge on any atom is -0.343 e. The molecule has 0 aliphatic carbocycles. The Balaban J connectivity index is 1.71. The molecule has 0 spiro atoms. The van der Waals surface area contributed by atoms with Crippen molar-refractivity contribution in [3.8, 4) is 0 Å². The molecule has 5 rings (SSSR count). The van der Waals surface area contributed by atoms with Crippen molar-refractivity contribution in [3.63, 3.8) is 0 Å². The molecule has 0 bridgehead atoms. The van der Waals surface area contributed by atoms with Crippen molar-refractivity contribution in [1.29, 1.82) is 0 Å². The smallest absolute Gasteiger partial charge is 0.0635 e. The van der Waals surface area contributed by atoms with E-state index in [2.05, 4.69) is 51.6 Å². The van der Waals surface area contributed by atoms with Gasteiger partial charge in [-0.3, -0.25) is 9.97 Å². The Labute approximate surface area is 142 Å². The van der Waals surface area contributed by atoms with Gasteiger partial charge in [-0.2, -0.15) is 0 Å². The highest BCUT2D eigenvalue weighted by Crippen LogP contribution is 2.45. The highest BCUT2D eigenvalue weighted by atomic mass is 15.1. The Kier molecular flexibility index (Phi) is 3.04. The van der Waals surface area contributed by atoms with Crippen molar-refractivity contribution >= 4 is 10.9 Å². The largest absolute Gasteiger partial charge is 0.343 e. The van der Waals surface area contributed by atoms with E-state index >= 15 is 0 Å². The van der Waals surface area contributed by atoms with E-state index in [1.165, 1.54) is 22.9 Å². The van der Waals surface area contributed by atoms with Gasteiger partial charge in [0.05, 0.1) is 5.69 Å². The molecular weight excluding hydrogens is 296 g/mol. The molecule has 2 aliphatic rings. The van der Waals surface area contributed by atoms with Crippen LogP contribution in [0.3, 0.4) is 0 Å². The average Bonchev–Trinajstić information content (AvgIpc) is 2.90. The predicted molar refractivity (Wildman–Crippen MR) is 95.1 cm³/mol.